The van der Waals surface area contributed by atoms with Crippen molar-refractivity contribution in [2.75, 3.05) is 57.9 Å². The molecular weight excluding hydrogens is 256 g/mol. The summed E-state index contributed by atoms with van der Waals surface area (Å²) in [5.41, 5.74) is 1.09. The molecule has 0 spiro atoms. The first kappa shape index (κ1) is 13.7. The van der Waals surface area contributed by atoms with Crippen molar-refractivity contribution >= 4 is 5.82 Å². The Hall–Kier alpha value is -1.24. The number of ether oxygens (including phenoxy) is 2. The van der Waals surface area contributed by atoms with E-state index in [0.29, 0.717) is 5.92 Å². The summed E-state index contributed by atoms with van der Waals surface area (Å²) in [5, 5.41) is 3.38. The van der Waals surface area contributed by atoms with E-state index in [2.05, 4.69) is 26.3 Å². The molecule has 1 N–H and O–H groups in total. The van der Waals surface area contributed by atoms with Gasteiger partial charge in [0.2, 0.25) is 0 Å². The van der Waals surface area contributed by atoms with Crippen LogP contribution in [-0.2, 0) is 9.47 Å². The topological polar surface area (TPSA) is 59.5 Å². The number of nitrogens with one attached hydrogen (secondary N) is 1. The van der Waals surface area contributed by atoms with E-state index in [9.17, 15) is 0 Å². The highest BCUT2D eigenvalue weighted by molar-refractivity contribution is 5.36. The molecule has 3 heterocycles. The van der Waals surface area contributed by atoms with Gasteiger partial charge in [0.15, 0.2) is 0 Å². The van der Waals surface area contributed by atoms with E-state index in [1.165, 1.54) is 0 Å². The number of hydrogen-bond donors (Lipinski definition) is 1. The Kier molecular flexibility index (Phi) is 4.78. The minimum Gasteiger partial charge on any atom is -0.381 e. The van der Waals surface area contributed by atoms with Crippen molar-refractivity contribution in [3.05, 3.63) is 18.1 Å². The summed E-state index contributed by atoms with van der Waals surface area (Å²) in [6.45, 7) is 7.29. The number of rotatable bonds is 5. The molecule has 6 nitrogen and oxygen atoms in total. The predicted molar refractivity (Wildman–Crippen MR) is 76.0 cm³/mol. The summed E-state index contributed by atoms with van der Waals surface area (Å²) in [4.78, 5) is 11.1. The van der Waals surface area contributed by atoms with Crippen LogP contribution in [0.4, 0.5) is 5.82 Å². The number of hydrogen-bond acceptors (Lipinski definition) is 6. The van der Waals surface area contributed by atoms with E-state index >= 15 is 0 Å². The zero-order valence-corrected chi connectivity index (χ0v) is 11.8. The molecule has 2 aliphatic heterocycles. The highest BCUT2D eigenvalue weighted by Crippen LogP contribution is 2.24. The Labute approximate surface area is 119 Å². The minimum absolute atomic E-state index is 0.429. The van der Waals surface area contributed by atoms with E-state index < -0.39 is 0 Å². The van der Waals surface area contributed by atoms with Gasteiger partial charge in [-0.15, -0.1) is 0 Å². The van der Waals surface area contributed by atoms with Gasteiger partial charge < -0.3 is 14.8 Å². The molecule has 2 fully saturated rings. The molecule has 6 heteroatoms. The van der Waals surface area contributed by atoms with Crippen LogP contribution in [0.25, 0.3) is 0 Å². The highest BCUT2D eigenvalue weighted by atomic mass is 16.5. The lowest BCUT2D eigenvalue weighted by Crippen LogP contribution is -2.39. The average molecular weight is 278 g/mol. The molecular formula is C14H22N4O2. The standard InChI is InChI=1S/C14H22N4O2/c1-6-20-10-12(1)13-9-14(17-11-16-13)15-2-3-18-4-7-19-8-5-18/h9,11-12H,1-8,10H2,(H,15,16,17). The zero-order chi connectivity index (χ0) is 13.6. The first-order valence-corrected chi connectivity index (χ1v) is 7.35. The van der Waals surface area contributed by atoms with E-state index in [-0.39, 0.29) is 0 Å². The summed E-state index contributed by atoms with van der Waals surface area (Å²) < 4.78 is 10.8. The molecule has 0 amide bonds. The molecule has 1 aromatic heterocycles. The van der Waals surface area contributed by atoms with Crippen LogP contribution in [0.2, 0.25) is 0 Å². The SMILES string of the molecule is c1nc(NCCN2CCOCC2)cc(C2CCOC2)n1. The quantitative estimate of drug-likeness (QED) is 0.856. The second-order valence-electron chi connectivity index (χ2n) is 5.27. The largest absolute Gasteiger partial charge is 0.381 e. The molecule has 2 saturated heterocycles. The maximum Gasteiger partial charge on any atom is 0.129 e. The van der Waals surface area contributed by atoms with Crippen LogP contribution in [-0.4, -0.2) is 67.5 Å². The van der Waals surface area contributed by atoms with E-state index in [4.69, 9.17) is 9.47 Å². The average Bonchev–Trinajstić information content (AvgIpc) is 3.03. The van der Waals surface area contributed by atoms with E-state index in [1.807, 2.05) is 0 Å². The monoisotopic (exact) mass is 278 g/mol. The van der Waals surface area contributed by atoms with Gasteiger partial charge in [0.1, 0.15) is 12.1 Å². The Balaban J connectivity index is 1.48. The maximum absolute atomic E-state index is 5.41. The highest BCUT2D eigenvalue weighted by Gasteiger charge is 2.19. The molecule has 1 aromatic rings. The summed E-state index contributed by atoms with van der Waals surface area (Å²) >= 11 is 0. The Bertz CT molecular complexity index is 417. The predicted octanol–water partition coefficient (Wildman–Crippen LogP) is 0.725. The van der Waals surface area contributed by atoms with Crippen LogP contribution >= 0.6 is 0 Å². The number of aromatic nitrogens is 2. The maximum atomic E-state index is 5.41. The molecule has 1 unspecified atom stereocenters. The van der Waals surface area contributed by atoms with Crippen LogP contribution in [0.5, 0.6) is 0 Å². The smallest absolute Gasteiger partial charge is 0.129 e. The van der Waals surface area contributed by atoms with E-state index in [0.717, 1.165) is 70.5 Å². The van der Waals surface area contributed by atoms with Crippen molar-refractivity contribution in [3.8, 4) is 0 Å². The molecule has 0 bridgehead atoms. The van der Waals surface area contributed by atoms with Gasteiger partial charge >= 0.3 is 0 Å². The van der Waals surface area contributed by atoms with Crippen molar-refractivity contribution < 1.29 is 9.47 Å². The van der Waals surface area contributed by atoms with Crippen LogP contribution in [0.3, 0.4) is 0 Å². The fourth-order valence-electron chi connectivity index (χ4n) is 2.63. The van der Waals surface area contributed by atoms with Crippen molar-refractivity contribution in [1.82, 2.24) is 14.9 Å². The van der Waals surface area contributed by atoms with Gasteiger partial charge in [-0.25, -0.2) is 9.97 Å². The van der Waals surface area contributed by atoms with Gasteiger partial charge in [-0.1, -0.05) is 0 Å². The molecule has 2 aliphatic rings. The number of nitrogens with zero attached hydrogens (tertiary/aromatic N) is 3. The van der Waals surface area contributed by atoms with Crippen LogP contribution in [0.15, 0.2) is 12.4 Å². The van der Waals surface area contributed by atoms with Gasteiger partial charge in [-0.05, 0) is 6.42 Å². The summed E-state index contributed by atoms with van der Waals surface area (Å²) in [6, 6.07) is 2.05. The fraction of sp³-hybridized carbons (Fsp3) is 0.714. The normalized spacial score (nSPS) is 23.9. The third kappa shape index (κ3) is 3.65. The third-order valence-corrected chi connectivity index (χ3v) is 3.87. The van der Waals surface area contributed by atoms with Gasteiger partial charge in [-0.2, -0.15) is 0 Å². The lowest BCUT2D eigenvalue weighted by Gasteiger charge is -2.26. The second-order valence-corrected chi connectivity index (χ2v) is 5.27. The third-order valence-electron chi connectivity index (χ3n) is 3.87. The second kappa shape index (κ2) is 6.97. The fourth-order valence-corrected chi connectivity index (χ4v) is 2.63. The van der Waals surface area contributed by atoms with Crippen molar-refractivity contribution in [2.24, 2.45) is 0 Å². The molecule has 0 radical (unpaired) electrons. The van der Waals surface area contributed by atoms with Crippen LogP contribution in [0, 0.1) is 0 Å². The molecule has 20 heavy (non-hydrogen) atoms. The molecule has 110 valence electrons. The van der Waals surface area contributed by atoms with Crippen LogP contribution in [0.1, 0.15) is 18.0 Å². The Morgan fingerprint density at radius 3 is 2.90 bits per heavy atom. The lowest BCUT2D eigenvalue weighted by molar-refractivity contribution is 0.0398. The van der Waals surface area contributed by atoms with Crippen LogP contribution < -0.4 is 5.32 Å². The van der Waals surface area contributed by atoms with Gasteiger partial charge in [0.25, 0.3) is 0 Å². The molecule has 0 saturated carbocycles. The van der Waals surface area contributed by atoms with E-state index in [1.54, 1.807) is 6.33 Å². The van der Waals surface area contributed by atoms with Crippen molar-refractivity contribution in [2.45, 2.75) is 12.3 Å². The first-order chi connectivity index (χ1) is 9.92. The first-order valence-electron chi connectivity index (χ1n) is 7.35. The number of anilines is 1. The van der Waals surface area contributed by atoms with Gasteiger partial charge in [0, 0.05) is 44.8 Å². The molecule has 0 aromatic carbocycles. The Morgan fingerprint density at radius 1 is 1.20 bits per heavy atom. The lowest BCUT2D eigenvalue weighted by atomic mass is 10.1. The summed E-state index contributed by atoms with van der Waals surface area (Å²) in [6.07, 6.45) is 2.70. The molecule has 0 aliphatic carbocycles. The van der Waals surface area contributed by atoms with Crippen molar-refractivity contribution in [3.63, 3.8) is 0 Å². The van der Waals surface area contributed by atoms with Crippen molar-refractivity contribution in [1.29, 1.82) is 0 Å². The van der Waals surface area contributed by atoms with Gasteiger partial charge in [-0.3, -0.25) is 4.90 Å². The molecule has 1 atom stereocenters. The molecule has 3 rings (SSSR count). The summed E-state index contributed by atoms with van der Waals surface area (Å²) in [7, 11) is 0. The Morgan fingerprint density at radius 2 is 2.10 bits per heavy atom. The minimum atomic E-state index is 0.429. The zero-order valence-electron chi connectivity index (χ0n) is 11.8. The van der Waals surface area contributed by atoms with Gasteiger partial charge in [0.05, 0.1) is 25.5 Å². The number of morpholine rings is 1. The summed E-state index contributed by atoms with van der Waals surface area (Å²) in [5.74, 6) is 1.34.